The molecule has 0 spiro atoms. The molecule has 1 saturated heterocycles. The number of methoxy groups -OCH3 is 1. The highest BCUT2D eigenvalue weighted by Gasteiger charge is 2.29. The Labute approximate surface area is 133 Å². The Kier molecular flexibility index (Phi) is 5.25. The molecule has 1 amide bonds. The minimum absolute atomic E-state index is 0.115. The fourth-order valence-corrected chi connectivity index (χ4v) is 3.06. The minimum Gasteiger partial charge on any atom is -0.495 e. The standard InChI is InChI=1S/C14H19N3O4S/c1-9-8-16(5-4-15-9)14(18)10-6-13(22-3)12(21-2)7-11(10)17(19)20/h6-7,9,15H,4-5,8H2,1-3H3. The quantitative estimate of drug-likeness (QED) is 0.516. The maximum atomic E-state index is 12.7. The molecule has 1 aromatic rings. The van der Waals surface area contributed by atoms with Gasteiger partial charge in [0.2, 0.25) is 0 Å². The molecule has 1 N–H and O–H groups in total. The maximum Gasteiger partial charge on any atom is 0.285 e. The molecule has 8 heteroatoms. The number of carbonyl (C=O) groups excluding carboxylic acids is 1. The van der Waals surface area contributed by atoms with E-state index in [1.54, 1.807) is 11.0 Å². The Bertz CT molecular complexity index is 594. The lowest BCUT2D eigenvalue weighted by Crippen LogP contribution is -2.51. The number of thioether (sulfide) groups is 1. The summed E-state index contributed by atoms with van der Waals surface area (Å²) in [6.45, 7) is 3.75. The van der Waals surface area contributed by atoms with E-state index in [0.29, 0.717) is 30.3 Å². The van der Waals surface area contributed by atoms with E-state index in [4.69, 9.17) is 4.74 Å². The van der Waals surface area contributed by atoms with E-state index in [0.717, 1.165) is 0 Å². The van der Waals surface area contributed by atoms with Gasteiger partial charge >= 0.3 is 0 Å². The number of nitro benzene ring substituents is 1. The molecular formula is C14H19N3O4S. The number of rotatable bonds is 4. The van der Waals surface area contributed by atoms with Crippen LogP contribution in [0.15, 0.2) is 17.0 Å². The van der Waals surface area contributed by atoms with Gasteiger partial charge in [0.1, 0.15) is 11.3 Å². The molecule has 2 rings (SSSR count). The van der Waals surface area contributed by atoms with Crippen LogP contribution >= 0.6 is 11.8 Å². The highest BCUT2D eigenvalue weighted by atomic mass is 32.2. The highest BCUT2D eigenvalue weighted by molar-refractivity contribution is 7.98. The first-order chi connectivity index (χ1) is 10.5. The largest absolute Gasteiger partial charge is 0.495 e. The molecule has 1 aliphatic heterocycles. The van der Waals surface area contributed by atoms with Gasteiger partial charge in [0.15, 0.2) is 0 Å². The summed E-state index contributed by atoms with van der Waals surface area (Å²) in [5.74, 6) is 0.0995. The number of hydrogen-bond acceptors (Lipinski definition) is 6. The Morgan fingerprint density at radius 1 is 1.55 bits per heavy atom. The lowest BCUT2D eigenvalue weighted by atomic mass is 10.1. The van der Waals surface area contributed by atoms with Crippen molar-refractivity contribution in [3.8, 4) is 5.75 Å². The number of benzene rings is 1. The third-order valence-electron chi connectivity index (χ3n) is 3.58. The first kappa shape index (κ1) is 16.6. The van der Waals surface area contributed by atoms with E-state index in [2.05, 4.69) is 5.32 Å². The molecule has 0 aliphatic carbocycles. The minimum atomic E-state index is -0.536. The van der Waals surface area contributed by atoms with Crippen molar-refractivity contribution >= 4 is 23.4 Å². The molecule has 1 atom stereocenters. The van der Waals surface area contributed by atoms with Crippen LogP contribution in [0.2, 0.25) is 0 Å². The van der Waals surface area contributed by atoms with Crippen molar-refractivity contribution in [2.75, 3.05) is 33.0 Å². The van der Waals surface area contributed by atoms with Gasteiger partial charge in [0.25, 0.3) is 11.6 Å². The predicted octanol–water partition coefficient (Wildman–Crippen LogP) is 1.76. The number of nitrogens with one attached hydrogen (secondary N) is 1. The normalized spacial score (nSPS) is 18.1. The van der Waals surface area contributed by atoms with Crippen molar-refractivity contribution in [3.63, 3.8) is 0 Å². The summed E-state index contributed by atoms with van der Waals surface area (Å²) >= 11 is 1.39. The van der Waals surface area contributed by atoms with Crippen molar-refractivity contribution in [2.24, 2.45) is 0 Å². The maximum absolute atomic E-state index is 12.7. The first-order valence-electron chi connectivity index (χ1n) is 6.91. The van der Waals surface area contributed by atoms with Crippen LogP contribution in [0.1, 0.15) is 17.3 Å². The Morgan fingerprint density at radius 2 is 2.27 bits per heavy atom. The Hall–Kier alpha value is -1.80. The van der Waals surface area contributed by atoms with Crippen LogP contribution in [0.5, 0.6) is 5.75 Å². The topological polar surface area (TPSA) is 84.7 Å². The number of nitrogens with zero attached hydrogens (tertiary/aromatic N) is 2. The Balaban J connectivity index is 2.43. The van der Waals surface area contributed by atoms with E-state index in [-0.39, 0.29) is 23.2 Å². The van der Waals surface area contributed by atoms with E-state index in [1.807, 2.05) is 13.2 Å². The lowest BCUT2D eigenvalue weighted by Gasteiger charge is -2.31. The van der Waals surface area contributed by atoms with Crippen molar-refractivity contribution < 1.29 is 14.5 Å². The zero-order valence-corrected chi connectivity index (χ0v) is 13.6. The van der Waals surface area contributed by atoms with Crippen molar-refractivity contribution in [1.29, 1.82) is 0 Å². The van der Waals surface area contributed by atoms with Gasteiger partial charge in [-0.15, -0.1) is 11.8 Å². The number of hydrogen-bond donors (Lipinski definition) is 1. The van der Waals surface area contributed by atoms with Gasteiger partial charge in [-0.1, -0.05) is 0 Å². The summed E-state index contributed by atoms with van der Waals surface area (Å²) in [6, 6.07) is 3.05. The molecule has 1 unspecified atom stereocenters. The van der Waals surface area contributed by atoms with Gasteiger partial charge in [-0.05, 0) is 19.2 Å². The van der Waals surface area contributed by atoms with Gasteiger partial charge in [0, 0.05) is 25.7 Å². The fourth-order valence-electron chi connectivity index (χ4n) is 2.48. The van der Waals surface area contributed by atoms with E-state index < -0.39 is 4.92 Å². The first-order valence-corrected chi connectivity index (χ1v) is 8.13. The number of carbonyl (C=O) groups is 1. The number of nitro groups is 1. The van der Waals surface area contributed by atoms with Gasteiger partial charge in [-0.25, -0.2) is 0 Å². The number of ether oxygens (including phenoxy) is 1. The number of amides is 1. The predicted molar refractivity (Wildman–Crippen MR) is 84.8 cm³/mol. The average molecular weight is 325 g/mol. The molecule has 0 saturated carbocycles. The molecule has 7 nitrogen and oxygen atoms in total. The summed E-state index contributed by atoms with van der Waals surface area (Å²) < 4.78 is 5.16. The summed E-state index contributed by atoms with van der Waals surface area (Å²) in [5.41, 5.74) is -0.102. The van der Waals surface area contributed by atoms with Crippen LogP contribution in [-0.4, -0.2) is 54.8 Å². The van der Waals surface area contributed by atoms with Crippen LogP contribution in [0, 0.1) is 10.1 Å². The highest BCUT2D eigenvalue weighted by Crippen LogP contribution is 2.35. The summed E-state index contributed by atoms with van der Waals surface area (Å²) in [5, 5.41) is 14.5. The molecule has 0 bridgehead atoms. The summed E-state index contributed by atoms with van der Waals surface area (Å²) in [6.07, 6.45) is 1.84. The van der Waals surface area contributed by atoms with E-state index in [9.17, 15) is 14.9 Å². The molecule has 120 valence electrons. The van der Waals surface area contributed by atoms with Crippen LogP contribution in [-0.2, 0) is 0 Å². The van der Waals surface area contributed by atoms with E-state index in [1.165, 1.54) is 24.9 Å². The van der Waals surface area contributed by atoms with Crippen LogP contribution in [0.3, 0.4) is 0 Å². The molecule has 1 fully saturated rings. The zero-order chi connectivity index (χ0) is 16.3. The van der Waals surface area contributed by atoms with Crippen molar-refractivity contribution in [3.05, 3.63) is 27.8 Å². The molecule has 0 aromatic heterocycles. The molecule has 22 heavy (non-hydrogen) atoms. The second-order valence-corrected chi connectivity index (χ2v) is 5.94. The van der Waals surface area contributed by atoms with Crippen molar-refractivity contribution in [2.45, 2.75) is 17.9 Å². The molecule has 1 aromatic carbocycles. The monoisotopic (exact) mass is 325 g/mol. The van der Waals surface area contributed by atoms with Crippen LogP contribution in [0.25, 0.3) is 0 Å². The summed E-state index contributed by atoms with van der Waals surface area (Å²) in [7, 11) is 1.46. The smallest absolute Gasteiger partial charge is 0.285 e. The molecule has 1 aliphatic rings. The van der Waals surface area contributed by atoms with Crippen LogP contribution < -0.4 is 10.1 Å². The third kappa shape index (κ3) is 3.33. The van der Waals surface area contributed by atoms with Gasteiger partial charge < -0.3 is 15.0 Å². The summed E-state index contributed by atoms with van der Waals surface area (Å²) in [4.78, 5) is 25.8. The fraction of sp³-hybridized carbons (Fsp3) is 0.500. The van der Waals surface area contributed by atoms with Crippen LogP contribution in [0.4, 0.5) is 5.69 Å². The van der Waals surface area contributed by atoms with Crippen molar-refractivity contribution in [1.82, 2.24) is 10.2 Å². The van der Waals surface area contributed by atoms with Gasteiger partial charge in [0.05, 0.1) is 23.0 Å². The molecule has 1 heterocycles. The number of piperazine rings is 1. The lowest BCUT2D eigenvalue weighted by molar-refractivity contribution is -0.385. The SMILES string of the molecule is COc1cc([N+](=O)[O-])c(C(=O)N2CCNC(C)C2)cc1SC. The second-order valence-electron chi connectivity index (χ2n) is 5.09. The molecule has 0 radical (unpaired) electrons. The second kappa shape index (κ2) is 6.97. The van der Waals surface area contributed by atoms with Gasteiger partial charge in [-0.3, -0.25) is 14.9 Å². The van der Waals surface area contributed by atoms with E-state index >= 15 is 0 Å². The third-order valence-corrected chi connectivity index (χ3v) is 4.34. The average Bonchev–Trinajstić information content (AvgIpc) is 2.52. The van der Waals surface area contributed by atoms with Gasteiger partial charge in [-0.2, -0.15) is 0 Å². The Morgan fingerprint density at radius 3 is 2.82 bits per heavy atom. The molecular weight excluding hydrogens is 306 g/mol. The zero-order valence-electron chi connectivity index (χ0n) is 12.8.